The number of methoxy groups -OCH3 is 1. The summed E-state index contributed by atoms with van der Waals surface area (Å²) in [6.07, 6.45) is 1.66. The molecule has 0 aliphatic rings. The van der Waals surface area contributed by atoms with Gasteiger partial charge in [-0.1, -0.05) is 29.3 Å². The van der Waals surface area contributed by atoms with Crippen molar-refractivity contribution in [2.45, 2.75) is 19.7 Å². The molecule has 0 fully saturated rings. The Balaban J connectivity index is 1.67. The van der Waals surface area contributed by atoms with Crippen LogP contribution >= 0.6 is 39.1 Å². The van der Waals surface area contributed by atoms with Crippen LogP contribution in [0.1, 0.15) is 16.9 Å². The maximum atomic E-state index is 6.21. The third-order valence-electron chi connectivity index (χ3n) is 3.88. The SMILES string of the molecule is COc1cc(CNCc2ccco2)cc(Br)c1OCc1ccc(Cl)cc1Cl. The molecule has 3 rings (SSSR count). The average Bonchev–Trinajstić information content (AvgIpc) is 3.15. The smallest absolute Gasteiger partial charge is 0.175 e. The van der Waals surface area contributed by atoms with E-state index in [0.717, 1.165) is 21.4 Å². The van der Waals surface area contributed by atoms with Crippen molar-refractivity contribution in [3.63, 3.8) is 0 Å². The molecule has 0 bridgehead atoms. The Hall–Kier alpha value is -1.66. The zero-order chi connectivity index (χ0) is 19.2. The van der Waals surface area contributed by atoms with E-state index < -0.39 is 0 Å². The highest BCUT2D eigenvalue weighted by Gasteiger charge is 2.13. The van der Waals surface area contributed by atoms with Gasteiger partial charge in [0.2, 0.25) is 0 Å². The lowest BCUT2D eigenvalue weighted by Crippen LogP contribution is -2.12. The summed E-state index contributed by atoms with van der Waals surface area (Å²) in [5.41, 5.74) is 1.90. The van der Waals surface area contributed by atoms with Crippen molar-refractivity contribution in [2.24, 2.45) is 0 Å². The molecule has 27 heavy (non-hydrogen) atoms. The number of ether oxygens (including phenoxy) is 2. The van der Waals surface area contributed by atoms with E-state index in [0.29, 0.717) is 41.2 Å². The van der Waals surface area contributed by atoms with Crippen LogP contribution in [0.25, 0.3) is 0 Å². The second kappa shape index (κ2) is 9.51. The Morgan fingerprint density at radius 3 is 2.67 bits per heavy atom. The lowest BCUT2D eigenvalue weighted by molar-refractivity contribution is 0.282. The van der Waals surface area contributed by atoms with Crippen LogP contribution in [-0.2, 0) is 19.7 Å². The van der Waals surface area contributed by atoms with Crippen LogP contribution in [0.5, 0.6) is 11.5 Å². The minimum Gasteiger partial charge on any atom is -0.493 e. The molecule has 0 aliphatic heterocycles. The van der Waals surface area contributed by atoms with Gasteiger partial charge < -0.3 is 19.2 Å². The average molecular weight is 471 g/mol. The van der Waals surface area contributed by atoms with Crippen molar-refractivity contribution in [2.75, 3.05) is 7.11 Å². The predicted octanol–water partition coefficient (Wildman–Crippen LogP) is 6.23. The van der Waals surface area contributed by atoms with Gasteiger partial charge in [-0.05, 0) is 57.9 Å². The van der Waals surface area contributed by atoms with E-state index in [1.807, 2.05) is 30.3 Å². The van der Waals surface area contributed by atoms with E-state index >= 15 is 0 Å². The minimum absolute atomic E-state index is 0.307. The fraction of sp³-hybridized carbons (Fsp3) is 0.200. The van der Waals surface area contributed by atoms with Gasteiger partial charge in [-0.15, -0.1) is 0 Å². The fourth-order valence-corrected chi connectivity index (χ4v) is 3.61. The van der Waals surface area contributed by atoms with Crippen molar-refractivity contribution in [1.82, 2.24) is 5.32 Å². The molecule has 1 heterocycles. The third kappa shape index (κ3) is 5.42. The van der Waals surface area contributed by atoms with Gasteiger partial charge in [0, 0.05) is 22.2 Å². The first-order valence-corrected chi connectivity index (χ1v) is 9.78. The predicted molar refractivity (Wildman–Crippen MR) is 111 cm³/mol. The van der Waals surface area contributed by atoms with Gasteiger partial charge in [0.1, 0.15) is 12.4 Å². The van der Waals surface area contributed by atoms with Crippen molar-refractivity contribution in [3.8, 4) is 11.5 Å². The molecule has 0 atom stereocenters. The molecule has 0 unspecified atom stereocenters. The molecule has 4 nitrogen and oxygen atoms in total. The Labute approximate surface area is 176 Å². The second-order valence-electron chi connectivity index (χ2n) is 5.82. The Kier molecular flexibility index (Phi) is 7.07. The van der Waals surface area contributed by atoms with E-state index in [4.69, 9.17) is 37.1 Å². The van der Waals surface area contributed by atoms with Gasteiger partial charge in [0.25, 0.3) is 0 Å². The Bertz CT molecular complexity index is 900. The highest BCUT2D eigenvalue weighted by atomic mass is 79.9. The van der Waals surface area contributed by atoms with Crippen molar-refractivity contribution < 1.29 is 13.9 Å². The van der Waals surface area contributed by atoms with Gasteiger partial charge in [-0.2, -0.15) is 0 Å². The lowest BCUT2D eigenvalue weighted by atomic mass is 10.2. The topological polar surface area (TPSA) is 43.6 Å². The molecule has 2 aromatic carbocycles. The van der Waals surface area contributed by atoms with Gasteiger partial charge in [-0.25, -0.2) is 0 Å². The monoisotopic (exact) mass is 469 g/mol. The Morgan fingerprint density at radius 1 is 1.11 bits per heavy atom. The Morgan fingerprint density at radius 2 is 1.96 bits per heavy atom. The first-order chi connectivity index (χ1) is 13.1. The molecule has 3 aromatic rings. The number of nitrogens with one attached hydrogen (secondary N) is 1. The largest absolute Gasteiger partial charge is 0.493 e. The molecule has 0 aliphatic carbocycles. The van der Waals surface area contributed by atoms with Crippen LogP contribution in [0.15, 0.2) is 57.6 Å². The van der Waals surface area contributed by atoms with E-state index in [1.54, 1.807) is 25.5 Å². The summed E-state index contributed by atoms with van der Waals surface area (Å²) in [5.74, 6) is 2.16. The maximum absolute atomic E-state index is 6.21. The standard InChI is InChI=1S/C20H18BrCl2NO3/c1-25-19-8-13(10-24-11-16-3-2-6-26-16)7-17(21)20(19)27-12-14-4-5-15(22)9-18(14)23/h2-9,24H,10-12H2,1H3. The van der Waals surface area contributed by atoms with E-state index in [1.165, 1.54) is 0 Å². The summed E-state index contributed by atoms with van der Waals surface area (Å²) in [6.45, 7) is 1.63. The molecule has 0 amide bonds. The third-order valence-corrected chi connectivity index (χ3v) is 5.06. The molecule has 1 N–H and O–H groups in total. The molecule has 0 saturated carbocycles. The van der Waals surface area contributed by atoms with Crippen molar-refractivity contribution >= 4 is 39.1 Å². The molecule has 0 radical (unpaired) electrons. The fourth-order valence-electron chi connectivity index (χ4n) is 2.55. The van der Waals surface area contributed by atoms with Crippen LogP contribution in [0.4, 0.5) is 0 Å². The normalized spacial score (nSPS) is 10.8. The number of rotatable bonds is 8. The quantitative estimate of drug-likeness (QED) is 0.424. The highest BCUT2D eigenvalue weighted by molar-refractivity contribution is 9.10. The van der Waals surface area contributed by atoms with E-state index in [2.05, 4.69) is 21.2 Å². The first kappa shape index (κ1) is 20.1. The summed E-state index contributed by atoms with van der Waals surface area (Å²) in [6, 6.07) is 13.1. The molecule has 142 valence electrons. The molecule has 1 aromatic heterocycles. The van der Waals surface area contributed by atoms with Crippen LogP contribution < -0.4 is 14.8 Å². The second-order valence-corrected chi connectivity index (χ2v) is 7.51. The zero-order valence-corrected chi connectivity index (χ0v) is 17.7. The van der Waals surface area contributed by atoms with Crippen molar-refractivity contribution in [3.05, 3.63) is 80.1 Å². The summed E-state index contributed by atoms with van der Waals surface area (Å²) in [7, 11) is 1.62. The van der Waals surface area contributed by atoms with Crippen LogP contribution in [0.3, 0.4) is 0 Å². The minimum atomic E-state index is 0.307. The van der Waals surface area contributed by atoms with Gasteiger partial charge >= 0.3 is 0 Å². The summed E-state index contributed by atoms with van der Waals surface area (Å²) < 4.78 is 17.6. The molecule has 0 spiro atoms. The van der Waals surface area contributed by atoms with Crippen LogP contribution in [-0.4, -0.2) is 7.11 Å². The molecular formula is C20H18BrCl2NO3. The van der Waals surface area contributed by atoms with Crippen LogP contribution in [0, 0.1) is 0 Å². The number of halogens is 3. The maximum Gasteiger partial charge on any atom is 0.175 e. The first-order valence-electron chi connectivity index (χ1n) is 8.23. The van der Waals surface area contributed by atoms with E-state index in [9.17, 15) is 0 Å². The summed E-state index contributed by atoms with van der Waals surface area (Å²) in [4.78, 5) is 0. The highest BCUT2D eigenvalue weighted by Crippen LogP contribution is 2.37. The van der Waals surface area contributed by atoms with Gasteiger partial charge in [-0.3, -0.25) is 0 Å². The summed E-state index contributed by atoms with van der Waals surface area (Å²) in [5, 5.41) is 4.49. The molecular weight excluding hydrogens is 453 g/mol. The number of furan rings is 1. The lowest BCUT2D eigenvalue weighted by Gasteiger charge is -2.15. The van der Waals surface area contributed by atoms with Crippen molar-refractivity contribution in [1.29, 1.82) is 0 Å². The zero-order valence-electron chi connectivity index (χ0n) is 14.6. The molecule has 0 saturated heterocycles. The van der Waals surface area contributed by atoms with Gasteiger partial charge in [0.05, 0.1) is 24.4 Å². The number of hydrogen-bond acceptors (Lipinski definition) is 4. The number of benzene rings is 2. The molecule has 7 heteroatoms. The van der Waals surface area contributed by atoms with Crippen LogP contribution in [0.2, 0.25) is 10.0 Å². The number of hydrogen-bond donors (Lipinski definition) is 1. The van der Waals surface area contributed by atoms with E-state index in [-0.39, 0.29) is 0 Å². The van der Waals surface area contributed by atoms with Gasteiger partial charge in [0.15, 0.2) is 11.5 Å². The summed E-state index contributed by atoms with van der Waals surface area (Å²) >= 11 is 15.7.